The Hall–Kier alpha value is -4.18. The molecule has 0 aliphatic rings. The van der Waals surface area contributed by atoms with Gasteiger partial charge in [-0.2, -0.15) is 0 Å². The molecular formula is C52H74O4. The summed E-state index contributed by atoms with van der Waals surface area (Å²) in [5.74, 6) is 0.534. The number of carbonyl (C=O) groups is 2. The predicted molar refractivity (Wildman–Crippen MR) is 242 cm³/mol. The molecule has 0 saturated carbocycles. The summed E-state index contributed by atoms with van der Waals surface area (Å²) in [6.45, 7) is 23.4. The second-order valence-electron chi connectivity index (χ2n) is 16.0. The monoisotopic (exact) mass is 763 g/mol. The molecule has 0 N–H and O–H groups in total. The number of hydrogen-bond donors (Lipinski definition) is 0. The van der Waals surface area contributed by atoms with Gasteiger partial charge in [0.15, 0.2) is 0 Å². The SMILES string of the molecule is CCC(=O)Oc1c(C)c(C/C=C(\C)CC/C=C(\C)CC/C=C(\C)CC/C=C(\C)CC/C=C(\C)CC/C=C(\C)CCC=C(C)C)c(OC(=O)CC)c2ccccc12. The number of ether oxygens (including phenoxy) is 2. The maximum absolute atomic E-state index is 12.5. The van der Waals surface area contributed by atoms with Crippen molar-refractivity contribution in [3.8, 4) is 11.5 Å². The second-order valence-corrected chi connectivity index (χ2v) is 16.0. The molecule has 306 valence electrons. The van der Waals surface area contributed by atoms with Crippen LogP contribution >= 0.6 is 0 Å². The van der Waals surface area contributed by atoms with Gasteiger partial charge in [0.05, 0.1) is 0 Å². The first kappa shape index (κ1) is 48.0. The molecule has 0 amide bonds. The Morgan fingerprint density at radius 1 is 0.482 bits per heavy atom. The molecule has 0 aromatic heterocycles. The lowest BCUT2D eigenvalue weighted by molar-refractivity contribution is -0.135. The molecule has 0 unspecified atom stereocenters. The van der Waals surface area contributed by atoms with E-state index in [1.165, 1.54) is 45.4 Å². The lowest BCUT2D eigenvalue weighted by atomic mass is 9.95. The highest BCUT2D eigenvalue weighted by Crippen LogP contribution is 2.41. The van der Waals surface area contributed by atoms with Gasteiger partial charge in [-0.15, -0.1) is 0 Å². The first-order valence-electron chi connectivity index (χ1n) is 21.3. The Bertz CT molecular complexity index is 1800. The van der Waals surface area contributed by atoms with E-state index in [0.717, 1.165) is 92.5 Å². The van der Waals surface area contributed by atoms with Gasteiger partial charge in [-0.1, -0.05) is 120 Å². The van der Waals surface area contributed by atoms with Crippen molar-refractivity contribution in [2.75, 3.05) is 0 Å². The van der Waals surface area contributed by atoms with Gasteiger partial charge in [0.25, 0.3) is 0 Å². The quantitative estimate of drug-likeness (QED) is 0.0607. The van der Waals surface area contributed by atoms with Gasteiger partial charge >= 0.3 is 11.9 Å². The topological polar surface area (TPSA) is 52.6 Å². The first-order chi connectivity index (χ1) is 26.7. The summed E-state index contributed by atoms with van der Waals surface area (Å²) in [5, 5.41) is 1.55. The fraction of sp³-hybridized carbons (Fsp3) is 0.500. The van der Waals surface area contributed by atoms with E-state index in [9.17, 15) is 9.59 Å². The third-order valence-electron chi connectivity index (χ3n) is 10.4. The average Bonchev–Trinajstić information content (AvgIpc) is 3.15. The minimum atomic E-state index is -0.287. The molecule has 0 fully saturated rings. The van der Waals surface area contributed by atoms with Gasteiger partial charge in [-0.05, 0) is 151 Å². The fourth-order valence-corrected chi connectivity index (χ4v) is 6.63. The van der Waals surface area contributed by atoms with Gasteiger partial charge in [-0.25, -0.2) is 0 Å². The predicted octanol–water partition coefficient (Wildman–Crippen LogP) is 15.6. The Morgan fingerprint density at radius 3 is 1.16 bits per heavy atom. The van der Waals surface area contributed by atoms with E-state index < -0.39 is 0 Å². The highest BCUT2D eigenvalue weighted by atomic mass is 16.5. The van der Waals surface area contributed by atoms with E-state index in [-0.39, 0.29) is 24.8 Å². The number of rotatable bonds is 24. The van der Waals surface area contributed by atoms with E-state index in [1.807, 2.05) is 31.2 Å². The summed E-state index contributed by atoms with van der Waals surface area (Å²) in [7, 11) is 0. The molecular weight excluding hydrogens is 689 g/mol. The largest absolute Gasteiger partial charge is 0.426 e. The highest BCUT2D eigenvalue weighted by molar-refractivity contribution is 5.98. The number of benzene rings is 2. The molecule has 2 aromatic carbocycles. The minimum absolute atomic E-state index is 0.279. The van der Waals surface area contributed by atoms with Crippen LogP contribution in [0.5, 0.6) is 11.5 Å². The summed E-state index contributed by atoms with van der Waals surface area (Å²) in [6, 6.07) is 7.67. The van der Waals surface area contributed by atoms with Gasteiger partial charge < -0.3 is 9.47 Å². The summed E-state index contributed by atoms with van der Waals surface area (Å²) >= 11 is 0. The zero-order valence-electron chi connectivity index (χ0n) is 37.1. The van der Waals surface area contributed by atoms with Crippen LogP contribution in [0.1, 0.15) is 170 Å². The lowest BCUT2D eigenvalue weighted by Crippen LogP contribution is -2.12. The fourth-order valence-electron chi connectivity index (χ4n) is 6.63. The summed E-state index contributed by atoms with van der Waals surface area (Å²) in [4.78, 5) is 24.9. The molecule has 0 aliphatic heterocycles. The molecule has 2 aromatic rings. The average molecular weight is 763 g/mol. The number of esters is 2. The van der Waals surface area contributed by atoms with E-state index in [2.05, 4.69) is 97.9 Å². The van der Waals surface area contributed by atoms with Gasteiger partial charge in [0, 0.05) is 29.2 Å². The molecule has 0 heterocycles. The summed E-state index contributed by atoms with van der Waals surface area (Å²) in [6.07, 6.45) is 31.0. The summed E-state index contributed by atoms with van der Waals surface area (Å²) in [5.41, 5.74) is 11.8. The van der Waals surface area contributed by atoms with Crippen LogP contribution in [-0.4, -0.2) is 11.9 Å². The minimum Gasteiger partial charge on any atom is -0.426 e. The molecule has 4 heteroatoms. The number of fused-ring (bicyclic) bond motifs is 1. The molecule has 0 aliphatic carbocycles. The van der Waals surface area contributed by atoms with Crippen LogP contribution in [0.4, 0.5) is 0 Å². The van der Waals surface area contributed by atoms with Crippen LogP contribution in [0.3, 0.4) is 0 Å². The van der Waals surface area contributed by atoms with E-state index in [0.29, 0.717) is 17.9 Å². The smallest absolute Gasteiger partial charge is 0.310 e. The Morgan fingerprint density at radius 2 is 0.804 bits per heavy atom. The molecule has 2 rings (SSSR count). The van der Waals surface area contributed by atoms with Crippen molar-refractivity contribution >= 4 is 22.7 Å². The van der Waals surface area contributed by atoms with Gasteiger partial charge in [0.2, 0.25) is 0 Å². The summed E-state index contributed by atoms with van der Waals surface area (Å²) < 4.78 is 11.8. The number of hydrogen-bond acceptors (Lipinski definition) is 4. The van der Waals surface area contributed by atoms with Crippen LogP contribution < -0.4 is 9.47 Å². The standard InChI is InChI=1S/C52H74O4/c1-12-49(53)55-51-45(11)46(52(56-50(54)13-2)48-35-15-14-34-47(48)51)37-36-44(10)33-21-32-43(9)31-20-30-42(8)29-19-28-41(7)27-18-26-40(6)25-17-24-39(5)23-16-22-38(3)4/h14-15,22,24,26,28,30,32,34-36H,12-13,16-21,23,25,27,29,31,33,37H2,1-11H3/b39-24+,40-26+,41-28+,42-30+,43-32+,44-36+. The van der Waals surface area contributed by atoms with Crippen LogP contribution in [0, 0.1) is 6.92 Å². The zero-order valence-corrected chi connectivity index (χ0v) is 37.1. The molecule has 0 saturated heterocycles. The third-order valence-corrected chi connectivity index (χ3v) is 10.4. The Kier molecular flexibility index (Phi) is 22.8. The van der Waals surface area contributed by atoms with E-state index in [4.69, 9.17) is 9.47 Å². The van der Waals surface area contributed by atoms with Crippen molar-refractivity contribution in [2.45, 2.75) is 172 Å². The highest BCUT2D eigenvalue weighted by Gasteiger charge is 2.21. The van der Waals surface area contributed by atoms with Crippen molar-refractivity contribution in [3.05, 3.63) is 117 Å². The van der Waals surface area contributed by atoms with Crippen LogP contribution in [0.15, 0.2) is 106 Å². The number of allylic oxidation sites excluding steroid dienone is 14. The van der Waals surface area contributed by atoms with Crippen molar-refractivity contribution in [1.82, 2.24) is 0 Å². The first-order valence-corrected chi connectivity index (χ1v) is 21.3. The van der Waals surface area contributed by atoms with Crippen molar-refractivity contribution in [1.29, 1.82) is 0 Å². The molecule has 0 bridgehead atoms. The van der Waals surface area contributed by atoms with Gasteiger partial charge in [-0.3, -0.25) is 9.59 Å². The Balaban J connectivity index is 1.85. The lowest BCUT2D eigenvalue weighted by Gasteiger charge is -2.19. The van der Waals surface area contributed by atoms with Crippen LogP contribution in [0.2, 0.25) is 0 Å². The molecule has 4 nitrogen and oxygen atoms in total. The molecule has 0 spiro atoms. The Labute approximate surface area is 341 Å². The van der Waals surface area contributed by atoms with Gasteiger partial charge in [0.1, 0.15) is 11.5 Å². The molecule has 56 heavy (non-hydrogen) atoms. The second kappa shape index (κ2) is 26.6. The zero-order chi connectivity index (χ0) is 41.5. The van der Waals surface area contributed by atoms with Crippen LogP contribution in [-0.2, 0) is 16.0 Å². The van der Waals surface area contributed by atoms with E-state index >= 15 is 0 Å². The molecule has 0 atom stereocenters. The van der Waals surface area contributed by atoms with Crippen LogP contribution in [0.25, 0.3) is 10.8 Å². The maximum Gasteiger partial charge on any atom is 0.310 e. The van der Waals surface area contributed by atoms with E-state index in [1.54, 1.807) is 13.8 Å². The molecule has 0 radical (unpaired) electrons. The van der Waals surface area contributed by atoms with Crippen molar-refractivity contribution in [2.24, 2.45) is 0 Å². The van der Waals surface area contributed by atoms with Crippen molar-refractivity contribution < 1.29 is 19.1 Å². The normalized spacial score (nSPS) is 13.3. The maximum atomic E-state index is 12.5. The third kappa shape index (κ3) is 18.6. The number of carbonyl (C=O) groups excluding carboxylic acids is 2. The van der Waals surface area contributed by atoms with Crippen molar-refractivity contribution in [3.63, 3.8) is 0 Å².